The zero-order valence-corrected chi connectivity index (χ0v) is 11.6. The SMILES string of the molecule is O=c1[nH]c2ccccc2n1CCCN1CCC[C@@H]1CO. The first-order valence-electron chi connectivity index (χ1n) is 7.32. The van der Waals surface area contributed by atoms with E-state index in [0.29, 0.717) is 6.04 Å². The van der Waals surface area contributed by atoms with Crippen LogP contribution in [-0.4, -0.2) is 45.3 Å². The molecule has 3 rings (SSSR count). The highest BCUT2D eigenvalue weighted by Crippen LogP contribution is 2.17. The highest BCUT2D eigenvalue weighted by Gasteiger charge is 2.22. The van der Waals surface area contributed by atoms with E-state index in [1.54, 1.807) is 4.57 Å². The number of benzene rings is 1. The van der Waals surface area contributed by atoms with Gasteiger partial charge in [-0.25, -0.2) is 4.79 Å². The molecule has 1 aliphatic heterocycles. The van der Waals surface area contributed by atoms with Crippen molar-refractivity contribution in [2.45, 2.75) is 31.8 Å². The summed E-state index contributed by atoms with van der Waals surface area (Å²) < 4.78 is 1.80. The Labute approximate surface area is 117 Å². The molecule has 2 heterocycles. The Kier molecular flexibility index (Phi) is 3.89. The van der Waals surface area contributed by atoms with E-state index < -0.39 is 0 Å². The van der Waals surface area contributed by atoms with Gasteiger partial charge < -0.3 is 10.1 Å². The molecule has 1 fully saturated rings. The Morgan fingerprint density at radius 2 is 2.15 bits per heavy atom. The third-order valence-electron chi connectivity index (χ3n) is 4.22. The summed E-state index contributed by atoms with van der Waals surface area (Å²) in [6, 6.07) is 8.09. The first-order chi connectivity index (χ1) is 9.79. The molecular formula is C15H21N3O2. The predicted molar refractivity (Wildman–Crippen MR) is 78.9 cm³/mol. The van der Waals surface area contributed by atoms with Crippen LogP contribution in [0.5, 0.6) is 0 Å². The Hall–Kier alpha value is -1.59. The van der Waals surface area contributed by atoms with Crippen molar-refractivity contribution in [2.24, 2.45) is 0 Å². The van der Waals surface area contributed by atoms with Crippen molar-refractivity contribution in [2.75, 3.05) is 19.7 Å². The molecule has 108 valence electrons. The van der Waals surface area contributed by atoms with Gasteiger partial charge >= 0.3 is 5.69 Å². The van der Waals surface area contributed by atoms with Gasteiger partial charge in [-0.1, -0.05) is 12.1 Å². The van der Waals surface area contributed by atoms with Crippen LogP contribution in [0.15, 0.2) is 29.1 Å². The number of aromatic nitrogens is 2. The quantitative estimate of drug-likeness (QED) is 0.861. The molecule has 5 nitrogen and oxygen atoms in total. The standard InChI is InChI=1S/C15H21N3O2/c19-11-12-5-3-8-17(12)9-4-10-18-14-7-2-1-6-13(14)16-15(18)20/h1-2,6-7,12,19H,3-5,8-11H2,(H,16,20)/t12-/m1/s1. The zero-order chi connectivity index (χ0) is 13.9. The number of likely N-dealkylation sites (tertiary alicyclic amines) is 1. The number of aryl methyl sites for hydroxylation is 1. The van der Waals surface area contributed by atoms with Gasteiger partial charge in [-0.2, -0.15) is 0 Å². The van der Waals surface area contributed by atoms with Gasteiger partial charge in [0.25, 0.3) is 0 Å². The van der Waals surface area contributed by atoms with Crippen molar-refractivity contribution in [3.05, 3.63) is 34.7 Å². The lowest BCUT2D eigenvalue weighted by molar-refractivity contribution is 0.156. The molecular weight excluding hydrogens is 254 g/mol. The lowest BCUT2D eigenvalue weighted by Gasteiger charge is -2.22. The number of hydrogen-bond acceptors (Lipinski definition) is 3. The van der Waals surface area contributed by atoms with Gasteiger partial charge in [0.15, 0.2) is 0 Å². The number of aromatic amines is 1. The van der Waals surface area contributed by atoms with Crippen molar-refractivity contribution in [1.82, 2.24) is 14.5 Å². The molecule has 0 bridgehead atoms. The minimum absolute atomic E-state index is 0.0358. The second kappa shape index (κ2) is 5.81. The number of rotatable bonds is 5. The van der Waals surface area contributed by atoms with Crippen molar-refractivity contribution >= 4 is 11.0 Å². The molecule has 0 spiro atoms. The fourth-order valence-corrected chi connectivity index (χ4v) is 3.16. The Bertz CT molecular complexity index is 631. The second-order valence-corrected chi connectivity index (χ2v) is 5.47. The lowest BCUT2D eigenvalue weighted by Crippen LogP contribution is -2.33. The van der Waals surface area contributed by atoms with Crippen LogP contribution in [0, 0.1) is 0 Å². The maximum Gasteiger partial charge on any atom is 0.326 e. The number of nitrogens with zero attached hydrogens (tertiary/aromatic N) is 2. The van der Waals surface area contributed by atoms with Gasteiger partial charge in [-0.15, -0.1) is 0 Å². The van der Waals surface area contributed by atoms with Crippen LogP contribution in [0.25, 0.3) is 11.0 Å². The summed E-state index contributed by atoms with van der Waals surface area (Å²) in [6.07, 6.45) is 3.18. The summed E-state index contributed by atoms with van der Waals surface area (Å²) in [5, 5.41) is 9.30. The number of imidazole rings is 1. The Morgan fingerprint density at radius 1 is 1.30 bits per heavy atom. The summed E-state index contributed by atoms with van der Waals surface area (Å²) >= 11 is 0. The smallest absolute Gasteiger partial charge is 0.326 e. The summed E-state index contributed by atoms with van der Waals surface area (Å²) in [5.41, 5.74) is 1.83. The molecule has 0 aliphatic carbocycles. The highest BCUT2D eigenvalue weighted by molar-refractivity contribution is 5.74. The van der Waals surface area contributed by atoms with E-state index in [2.05, 4.69) is 9.88 Å². The van der Waals surface area contributed by atoms with E-state index in [9.17, 15) is 9.90 Å². The molecule has 0 amide bonds. The maximum absolute atomic E-state index is 11.9. The minimum Gasteiger partial charge on any atom is -0.395 e. The van der Waals surface area contributed by atoms with Gasteiger partial charge in [0.2, 0.25) is 0 Å². The van der Waals surface area contributed by atoms with E-state index in [1.165, 1.54) is 0 Å². The van der Waals surface area contributed by atoms with Crippen molar-refractivity contribution < 1.29 is 5.11 Å². The van der Waals surface area contributed by atoms with E-state index >= 15 is 0 Å². The fourth-order valence-electron chi connectivity index (χ4n) is 3.16. The molecule has 20 heavy (non-hydrogen) atoms. The van der Waals surface area contributed by atoms with Crippen LogP contribution in [0.4, 0.5) is 0 Å². The van der Waals surface area contributed by atoms with Crippen LogP contribution in [0.3, 0.4) is 0 Å². The summed E-state index contributed by atoms with van der Waals surface area (Å²) in [6.45, 7) is 2.97. The minimum atomic E-state index is -0.0358. The normalized spacial score (nSPS) is 19.9. The maximum atomic E-state index is 11.9. The van der Waals surface area contributed by atoms with Crippen LogP contribution < -0.4 is 5.69 Å². The summed E-state index contributed by atoms with van der Waals surface area (Å²) in [4.78, 5) is 17.2. The van der Waals surface area contributed by atoms with E-state index in [1.807, 2.05) is 24.3 Å². The fraction of sp³-hybridized carbons (Fsp3) is 0.533. The Morgan fingerprint density at radius 3 is 3.00 bits per heavy atom. The first kappa shape index (κ1) is 13.4. The van der Waals surface area contributed by atoms with Gasteiger partial charge in [-0.05, 0) is 37.9 Å². The van der Waals surface area contributed by atoms with E-state index in [4.69, 9.17) is 0 Å². The largest absolute Gasteiger partial charge is 0.395 e. The molecule has 2 N–H and O–H groups in total. The van der Waals surface area contributed by atoms with E-state index in [0.717, 1.165) is 49.9 Å². The predicted octanol–water partition coefficient (Wildman–Crippen LogP) is 1.18. The van der Waals surface area contributed by atoms with Gasteiger partial charge in [0.1, 0.15) is 0 Å². The summed E-state index contributed by atoms with van der Waals surface area (Å²) in [5.74, 6) is 0. The molecule has 0 unspecified atom stereocenters. The second-order valence-electron chi connectivity index (χ2n) is 5.47. The zero-order valence-electron chi connectivity index (χ0n) is 11.6. The van der Waals surface area contributed by atoms with Crippen LogP contribution >= 0.6 is 0 Å². The number of nitrogens with one attached hydrogen (secondary N) is 1. The van der Waals surface area contributed by atoms with Gasteiger partial charge in [-0.3, -0.25) is 9.47 Å². The number of aliphatic hydroxyl groups is 1. The topological polar surface area (TPSA) is 61.3 Å². The molecule has 1 aromatic heterocycles. The number of fused-ring (bicyclic) bond motifs is 1. The number of para-hydroxylation sites is 2. The van der Waals surface area contributed by atoms with Crippen molar-refractivity contribution in [3.8, 4) is 0 Å². The molecule has 1 atom stereocenters. The molecule has 1 aliphatic rings. The molecule has 0 saturated carbocycles. The van der Waals surface area contributed by atoms with Crippen LogP contribution in [0.1, 0.15) is 19.3 Å². The van der Waals surface area contributed by atoms with Gasteiger partial charge in [0, 0.05) is 19.1 Å². The van der Waals surface area contributed by atoms with Crippen LogP contribution in [0.2, 0.25) is 0 Å². The number of hydrogen-bond donors (Lipinski definition) is 2. The molecule has 1 saturated heterocycles. The van der Waals surface area contributed by atoms with E-state index in [-0.39, 0.29) is 12.3 Å². The summed E-state index contributed by atoms with van der Waals surface area (Å²) in [7, 11) is 0. The molecule has 1 aromatic carbocycles. The third kappa shape index (κ3) is 2.51. The first-order valence-corrected chi connectivity index (χ1v) is 7.32. The van der Waals surface area contributed by atoms with Gasteiger partial charge in [0.05, 0.1) is 17.6 Å². The number of aliphatic hydroxyl groups excluding tert-OH is 1. The highest BCUT2D eigenvalue weighted by atomic mass is 16.3. The molecule has 0 radical (unpaired) electrons. The molecule has 5 heteroatoms. The Balaban J connectivity index is 1.65. The average Bonchev–Trinajstić information content (AvgIpc) is 3.03. The number of H-pyrrole nitrogens is 1. The van der Waals surface area contributed by atoms with Crippen molar-refractivity contribution in [3.63, 3.8) is 0 Å². The van der Waals surface area contributed by atoms with Crippen LogP contribution in [-0.2, 0) is 6.54 Å². The lowest BCUT2D eigenvalue weighted by atomic mass is 10.2. The monoisotopic (exact) mass is 275 g/mol. The third-order valence-corrected chi connectivity index (χ3v) is 4.22. The van der Waals surface area contributed by atoms with Crippen molar-refractivity contribution in [1.29, 1.82) is 0 Å². The average molecular weight is 275 g/mol. The molecule has 2 aromatic rings.